The van der Waals surface area contributed by atoms with Crippen LogP contribution in [0.15, 0.2) is 30.4 Å². The molecule has 176 valence electrons. The van der Waals surface area contributed by atoms with E-state index in [0.29, 0.717) is 35.5 Å². The van der Waals surface area contributed by atoms with Gasteiger partial charge in [-0.05, 0) is 45.2 Å². The van der Waals surface area contributed by atoms with Crippen LogP contribution in [0, 0.1) is 0 Å². The zero-order valence-corrected chi connectivity index (χ0v) is 19.3. The maximum absolute atomic E-state index is 13.2. The van der Waals surface area contributed by atoms with Crippen molar-refractivity contribution in [1.82, 2.24) is 5.32 Å². The van der Waals surface area contributed by atoms with Crippen molar-refractivity contribution in [3.8, 4) is 11.5 Å². The van der Waals surface area contributed by atoms with Gasteiger partial charge in [-0.15, -0.1) is 0 Å². The van der Waals surface area contributed by atoms with Crippen LogP contribution < -0.4 is 14.8 Å². The highest BCUT2D eigenvalue weighted by molar-refractivity contribution is 6.01. The Morgan fingerprint density at radius 2 is 1.97 bits per heavy atom. The summed E-state index contributed by atoms with van der Waals surface area (Å²) in [5, 5.41) is 13.7. The molecule has 2 aliphatic rings. The predicted octanol–water partition coefficient (Wildman–Crippen LogP) is 3.04. The molecule has 0 spiro atoms. The van der Waals surface area contributed by atoms with Crippen LogP contribution in [0.3, 0.4) is 0 Å². The summed E-state index contributed by atoms with van der Waals surface area (Å²) in [5.41, 5.74) is 1.04. The van der Waals surface area contributed by atoms with Crippen molar-refractivity contribution in [2.45, 2.75) is 63.8 Å². The first-order valence-corrected chi connectivity index (χ1v) is 10.8. The Morgan fingerprint density at radius 3 is 2.69 bits per heavy atom. The van der Waals surface area contributed by atoms with Gasteiger partial charge in [-0.2, -0.15) is 0 Å². The van der Waals surface area contributed by atoms with E-state index in [1.807, 2.05) is 39.0 Å². The number of hydrogen-bond acceptors (Lipinski definition) is 7. The molecular weight excluding hydrogens is 414 g/mol. The van der Waals surface area contributed by atoms with Crippen LogP contribution in [0.4, 0.5) is 0 Å². The number of aliphatic hydroxyl groups is 1. The smallest absolute Gasteiger partial charge is 0.255 e. The standard InChI is InChI=1S/C24H33NO7/c1-15-8-6-10-18(26)22-19(31-24(2,3)32-22)11-7-9-16-12-17(29-5)13-20(30-14-28-4)21(16)23(27)25-15/h6-7,9-10,12-13,15,18-19,22,26H,8,11,14H2,1-5H3,(H,25,27)/b9-7?,10-6-/t15?,18?,19-,22+/m0/s1. The van der Waals surface area contributed by atoms with E-state index in [0.717, 1.165) is 0 Å². The summed E-state index contributed by atoms with van der Waals surface area (Å²) in [6, 6.07) is 3.28. The molecular formula is C24H33NO7. The highest BCUT2D eigenvalue weighted by Crippen LogP contribution is 2.34. The zero-order valence-electron chi connectivity index (χ0n) is 19.3. The molecule has 2 N–H and O–H groups in total. The van der Waals surface area contributed by atoms with Gasteiger partial charge in [0.2, 0.25) is 0 Å². The lowest BCUT2D eigenvalue weighted by Gasteiger charge is -2.21. The van der Waals surface area contributed by atoms with Gasteiger partial charge in [0.15, 0.2) is 12.6 Å². The molecule has 2 heterocycles. The molecule has 0 saturated carbocycles. The molecule has 2 aliphatic heterocycles. The third-order valence-corrected chi connectivity index (χ3v) is 5.33. The number of nitrogens with one attached hydrogen (secondary N) is 1. The van der Waals surface area contributed by atoms with Gasteiger partial charge >= 0.3 is 0 Å². The second-order valence-corrected chi connectivity index (χ2v) is 8.45. The summed E-state index contributed by atoms with van der Waals surface area (Å²) in [5.74, 6) is -0.136. The van der Waals surface area contributed by atoms with E-state index < -0.39 is 18.0 Å². The summed E-state index contributed by atoms with van der Waals surface area (Å²) in [6.45, 7) is 5.56. The first kappa shape index (κ1) is 24.3. The number of benzene rings is 1. The maximum Gasteiger partial charge on any atom is 0.255 e. The van der Waals surface area contributed by atoms with E-state index in [1.165, 1.54) is 7.11 Å². The van der Waals surface area contributed by atoms with Gasteiger partial charge in [-0.1, -0.05) is 24.3 Å². The summed E-state index contributed by atoms with van der Waals surface area (Å²) >= 11 is 0. The third kappa shape index (κ3) is 5.89. The SMILES string of the molecule is COCOc1cc(OC)cc2c1C(=O)NC(C)C/C=C\C(O)[C@H]1OC(C)(C)O[C@H]1CC=C2. The molecule has 8 nitrogen and oxygen atoms in total. The summed E-state index contributed by atoms with van der Waals surface area (Å²) in [7, 11) is 3.07. The molecule has 1 aromatic carbocycles. The molecule has 1 aromatic rings. The van der Waals surface area contributed by atoms with Gasteiger partial charge in [-0.25, -0.2) is 0 Å². The average molecular weight is 448 g/mol. The number of amides is 1. The summed E-state index contributed by atoms with van der Waals surface area (Å²) in [6.07, 6.45) is 6.66. The van der Waals surface area contributed by atoms with E-state index in [4.69, 9.17) is 23.7 Å². The van der Waals surface area contributed by atoms with Gasteiger partial charge in [-0.3, -0.25) is 4.79 Å². The fourth-order valence-corrected chi connectivity index (χ4v) is 3.89. The van der Waals surface area contributed by atoms with Crippen molar-refractivity contribution in [3.63, 3.8) is 0 Å². The Kier molecular flexibility index (Phi) is 7.95. The third-order valence-electron chi connectivity index (χ3n) is 5.33. The Bertz CT molecular complexity index is 864. The van der Waals surface area contributed by atoms with Crippen molar-refractivity contribution in [2.24, 2.45) is 0 Å². The van der Waals surface area contributed by atoms with Crippen molar-refractivity contribution in [2.75, 3.05) is 21.0 Å². The minimum atomic E-state index is -0.817. The number of aliphatic hydroxyl groups excluding tert-OH is 1. The normalized spacial score (nSPS) is 28.8. The van der Waals surface area contributed by atoms with E-state index in [1.54, 1.807) is 25.3 Å². The molecule has 4 atom stereocenters. The minimum Gasteiger partial charge on any atom is -0.497 e. The lowest BCUT2D eigenvalue weighted by atomic mass is 10.00. The Hall–Kier alpha value is -2.39. The lowest BCUT2D eigenvalue weighted by molar-refractivity contribution is -0.152. The second-order valence-electron chi connectivity index (χ2n) is 8.45. The number of ether oxygens (including phenoxy) is 5. The molecule has 1 saturated heterocycles. The van der Waals surface area contributed by atoms with E-state index in [9.17, 15) is 9.90 Å². The van der Waals surface area contributed by atoms with Gasteiger partial charge in [0, 0.05) is 19.2 Å². The van der Waals surface area contributed by atoms with Crippen LogP contribution in [0.25, 0.3) is 6.08 Å². The van der Waals surface area contributed by atoms with Crippen molar-refractivity contribution >= 4 is 12.0 Å². The largest absolute Gasteiger partial charge is 0.497 e. The molecule has 2 unspecified atom stereocenters. The second kappa shape index (κ2) is 10.5. The molecule has 3 rings (SSSR count). The Balaban J connectivity index is 2.02. The monoisotopic (exact) mass is 447 g/mol. The quantitative estimate of drug-likeness (QED) is 0.541. The molecule has 0 bridgehead atoms. The van der Waals surface area contributed by atoms with Crippen LogP contribution in [-0.2, 0) is 14.2 Å². The number of carbonyl (C=O) groups excluding carboxylic acids is 1. The Morgan fingerprint density at radius 1 is 1.19 bits per heavy atom. The van der Waals surface area contributed by atoms with Crippen LogP contribution in [0.1, 0.15) is 49.5 Å². The number of fused-ring (bicyclic) bond motifs is 2. The number of rotatable bonds is 4. The van der Waals surface area contributed by atoms with E-state index in [-0.39, 0.29) is 24.8 Å². The van der Waals surface area contributed by atoms with Crippen molar-refractivity contribution in [3.05, 3.63) is 41.5 Å². The molecule has 8 heteroatoms. The molecule has 1 fully saturated rings. The highest BCUT2D eigenvalue weighted by Gasteiger charge is 2.43. The van der Waals surface area contributed by atoms with Crippen molar-refractivity contribution < 1.29 is 33.6 Å². The molecule has 32 heavy (non-hydrogen) atoms. The molecule has 0 aromatic heterocycles. The number of methoxy groups -OCH3 is 2. The zero-order chi connectivity index (χ0) is 23.3. The number of carbonyl (C=O) groups is 1. The van der Waals surface area contributed by atoms with Gasteiger partial charge < -0.3 is 34.1 Å². The Labute approximate surface area is 189 Å². The van der Waals surface area contributed by atoms with Gasteiger partial charge in [0.05, 0.1) is 18.8 Å². The summed E-state index contributed by atoms with van der Waals surface area (Å²) in [4.78, 5) is 13.2. The van der Waals surface area contributed by atoms with Crippen LogP contribution in [0.2, 0.25) is 0 Å². The fraction of sp³-hybridized carbons (Fsp3) is 0.542. The van der Waals surface area contributed by atoms with Crippen LogP contribution >= 0.6 is 0 Å². The van der Waals surface area contributed by atoms with E-state index in [2.05, 4.69) is 5.32 Å². The lowest BCUT2D eigenvalue weighted by Crippen LogP contribution is -2.35. The first-order chi connectivity index (χ1) is 15.2. The topological polar surface area (TPSA) is 95.5 Å². The predicted molar refractivity (Wildman–Crippen MR) is 120 cm³/mol. The minimum absolute atomic E-state index is 0.00318. The number of hydrogen-bond donors (Lipinski definition) is 2. The highest BCUT2D eigenvalue weighted by atomic mass is 16.8. The van der Waals surface area contributed by atoms with Crippen LogP contribution in [-0.4, -0.2) is 62.2 Å². The average Bonchev–Trinajstić information content (AvgIpc) is 3.05. The van der Waals surface area contributed by atoms with Gasteiger partial charge in [0.1, 0.15) is 23.7 Å². The fourth-order valence-electron chi connectivity index (χ4n) is 3.89. The maximum atomic E-state index is 13.2. The molecule has 0 aliphatic carbocycles. The van der Waals surface area contributed by atoms with Crippen molar-refractivity contribution in [1.29, 1.82) is 0 Å². The summed E-state index contributed by atoms with van der Waals surface area (Å²) < 4.78 is 28.1. The first-order valence-electron chi connectivity index (χ1n) is 10.8. The van der Waals surface area contributed by atoms with Gasteiger partial charge in [0.25, 0.3) is 5.91 Å². The van der Waals surface area contributed by atoms with E-state index >= 15 is 0 Å². The molecule has 1 amide bonds. The van der Waals surface area contributed by atoms with Crippen LogP contribution in [0.5, 0.6) is 11.5 Å². The molecule has 0 radical (unpaired) electrons.